The van der Waals surface area contributed by atoms with Crippen molar-refractivity contribution in [2.45, 2.75) is 0 Å². The van der Waals surface area contributed by atoms with E-state index in [1.807, 2.05) is 24.3 Å². The van der Waals surface area contributed by atoms with Crippen LogP contribution in [-0.2, 0) is 0 Å². The highest BCUT2D eigenvalue weighted by atomic mass is 15.1. The molecule has 1 aromatic carbocycles. The van der Waals surface area contributed by atoms with E-state index in [4.69, 9.17) is 0 Å². The van der Waals surface area contributed by atoms with E-state index in [0.717, 1.165) is 22.9 Å². The van der Waals surface area contributed by atoms with E-state index in [1.165, 1.54) is 6.33 Å². The summed E-state index contributed by atoms with van der Waals surface area (Å²) in [5, 5.41) is 6.48. The minimum absolute atomic E-state index is 0.818. The van der Waals surface area contributed by atoms with Gasteiger partial charge >= 0.3 is 0 Å². The molecule has 0 amide bonds. The Labute approximate surface area is 81.0 Å². The number of aromatic nitrogens is 2. The van der Waals surface area contributed by atoms with Gasteiger partial charge < -0.3 is 10.6 Å². The molecule has 1 aliphatic rings. The van der Waals surface area contributed by atoms with Gasteiger partial charge in [-0.25, -0.2) is 9.97 Å². The van der Waals surface area contributed by atoms with Crippen molar-refractivity contribution in [2.75, 3.05) is 10.6 Å². The number of rotatable bonds is 0. The normalized spacial score (nSPS) is 12.0. The predicted octanol–water partition coefficient (Wildman–Crippen LogP) is 2.28. The van der Waals surface area contributed by atoms with Gasteiger partial charge in [-0.2, -0.15) is 0 Å². The fourth-order valence-corrected chi connectivity index (χ4v) is 1.49. The minimum atomic E-state index is 0.818. The zero-order valence-electron chi connectivity index (χ0n) is 7.36. The van der Waals surface area contributed by atoms with Crippen LogP contribution in [0.4, 0.5) is 22.9 Å². The second-order valence-electron chi connectivity index (χ2n) is 3.08. The number of hydrogen-bond acceptors (Lipinski definition) is 4. The lowest BCUT2D eigenvalue weighted by Crippen LogP contribution is -2.07. The number of fused-ring (bicyclic) bond motifs is 2. The second-order valence-corrected chi connectivity index (χ2v) is 3.08. The van der Waals surface area contributed by atoms with Crippen molar-refractivity contribution in [1.82, 2.24) is 9.97 Å². The molecule has 0 radical (unpaired) electrons. The molecular weight excluding hydrogens is 176 g/mol. The van der Waals surface area contributed by atoms with E-state index in [2.05, 4.69) is 20.6 Å². The summed E-state index contributed by atoms with van der Waals surface area (Å²) in [5.41, 5.74) is 3.00. The third-order valence-corrected chi connectivity index (χ3v) is 2.16. The number of para-hydroxylation sites is 2. The highest BCUT2D eigenvalue weighted by Crippen LogP contribution is 2.35. The largest absolute Gasteiger partial charge is 0.350 e. The quantitative estimate of drug-likeness (QED) is 0.562. The maximum atomic E-state index is 4.13. The summed E-state index contributed by atoms with van der Waals surface area (Å²) < 4.78 is 0. The number of nitrogens with zero attached hydrogens (tertiary/aromatic N) is 2. The topological polar surface area (TPSA) is 49.8 Å². The van der Waals surface area contributed by atoms with E-state index in [-0.39, 0.29) is 0 Å². The van der Waals surface area contributed by atoms with Crippen molar-refractivity contribution in [3.8, 4) is 0 Å². The first-order valence-electron chi connectivity index (χ1n) is 4.36. The third kappa shape index (κ3) is 1.01. The van der Waals surface area contributed by atoms with Gasteiger partial charge in [0, 0.05) is 0 Å². The van der Waals surface area contributed by atoms with Crippen molar-refractivity contribution in [3.05, 3.63) is 36.8 Å². The van der Waals surface area contributed by atoms with Gasteiger partial charge in [-0.1, -0.05) is 12.1 Å². The molecule has 0 unspecified atom stereocenters. The van der Waals surface area contributed by atoms with Crippen LogP contribution in [0.15, 0.2) is 36.8 Å². The number of anilines is 4. The van der Waals surface area contributed by atoms with Crippen molar-refractivity contribution in [3.63, 3.8) is 0 Å². The summed E-state index contributed by atoms with van der Waals surface area (Å²) in [7, 11) is 0. The van der Waals surface area contributed by atoms with Gasteiger partial charge in [0.15, 0.2) is 5.82 Å². The molecule has 4 heteroatoms. The fourth-order valence-electron chi connectivity index (χ4n) is 1.49. The first-order chi connectivity index (χ1) is 6.93. The van der Waals surface area contributed by atoms with Crippen LogP contribution in [0.2, 0.25) is 0 Å². The molecule has 2 aromatic rings. The molecule has 2 N–H and O–H groups in total. The Morgan fingerprint density at radius 2 is 1.71 bits per heavy atom. The van der Waals surface area contributed by atoms with E-state index in [1.54, 1.807) is 6.20 Å². The van der Waals surface area contributed by atoms with Gasteiger partial charge in [-0.15, -0.1) is 0 Å². The first-order valence-corrected chi connectivity index (χ1v) is 4.36. The summed E-state index contributed by atoms with van der Waals surface area (Å²) in [5.74, 6) is 0.818. The van der Waals surface area contributed by atoms with Gasteiger partial charge in [-0.05, 0) is 12.1 Å². The standard InChI is InChI=1S/C10H8N4/c1-2-4-8-7(3-1)13-9-5-11-6-12-10(9)14-8/h1-6,13H,(H,11,12,14). The van der Waals surface area contributed by atoms with Crippen molar-refractivity contribution in [2.24, 2.45) is 0 Å². The van der Waals surface area contributed by atoms with Crippen LogP contribution >= 0.6 is 0 Å². The molecule has 2 heterocycles. The fraction of sp³-hybridized carbons (Fsp3) is 0. The van der Waals surface area contributed by atoms with Crippen molar-refractivity contribution >= 4 is 22.9 Å². The molecule has 1 aromatic heterocycles. The molecule has 1 aliphatic heterocycles. The van der Waals surface area contributed by atoms with Crippen LogP contribution in [0.5, 0.6) is 0 Å². The van der Waals surface area contributed by atoms with Crippen LogP contribution in [-0.4, -0.2) is 9.97 Å². The Bertz CT molecular complexity index is 394. The van der Waals surface area contributed by atoms with Crippen LogP contribution in [0.25, 0.3) is 0 Å². The van der Waals surface area contributed by atoms with Crippen LogP contribution in [0.1, 0.15) is 0 Å². The molecule has 68 valence electrons. The first kappa shape index (κ1) is 7.32. The van der Waals surface area contributed by atoms with Gasteiger partial charge in [0.05, 0.1) is 17.6 Å². The van der Waals surface area contributed by atoms with Crippen LogP contribution in [0.3, 0.4) is 0 Å². The lowest BCUT2D eigenvalue weighted by molar-refractivity contribution is 1.16. The molecular formula is C10H8N4. The van der Waals surface area contributed by atoms with Gasteiger partial charge in [-0.3, -0.25) is 0 Å². The summed E-state index contributed by atoms with van der Waals surface area (Å²) in [6.07, 6.45) is 3.28. The maximum Gasteiger partial charge on any atom is 0.157 e. The number of hydrogen-bond donors (Lipinski definition) is 2. The lowest BCUT2D eigenvalue weighted by Gasteiger charge is -2.20. The highest BCUT2D eigenvalue weighted by molar-refractivity contribution is 5.87. The summed E-state index contributed by atoms with van der Waals surface area (Å²) in [6.45, 7) is 0. The molecule has 4 nitrogen and oxygen atoms in total. The summed E-state index contributed by atoms with van der Waals surface area (Å²) in [6, 6.07) is 7.99. The van der Waals surface area contributed by atoms with E-state index in [9.17, 15) is 0 Å². The highest BCUT2D eigenvalue weighted by Gasteiger charge is 2.13. The molecule has 14 heavy (non-hydrogen) atoms. The molecule has 0 saturated carbocycles. The van der Waals surface area contributed by atoms with Crippen LogP contribution < -0.4 is 10.6 Å². The predicted molar refractivity (Wildman–Crippen MR) is 55.0 cm³/mol. The van der Waals surface area contributed by atoms with E-state index >= 15 is 0 Å². The molecule has 0 atom stereocenters. The Balaban J connectivity index is 2.12. The maximum absolute atomic E-state index is 4.13. The molecule has 0 saturated heterocycles. The molecule has 0 bridgehead atoms. The third-order valence-electron chi connectivity index (χ3n) is 2.16. The number of nitrogens with one attached hydrogen (secondary N) is 2. The molecule has 3 rings (SSSR count). The zero-order valence-corrected chi connectivity index (χ0v) is 7.36. The Kier molecular flexibility index (Phi) is 1.41. The summed E-state index contributed by atoms with van der Waals surface area (Å²) in [4.78, 5) is 8.09. The zero-order chi connectivity index (χ0) is 9.38. The van der Waals surface area contributed by atoms with Gasteiger partial charge in [0.1, 0.15) is 12.0 Å². The molecule has 0 fully saturated rings. The second kappa shape index (κ2) is 2.70. The molecule has 0 spiro atoms. The van der Waals surface area contributed by atoms with Gasteiger partial charge in [0.2, 0.25) is 0 Å². The Morgan fingerprint density at radius 3 is 2.57 bits per heavy atom. The van der Waals surface area contributed by atoms with E-state index < -0.39 is 0 Å². The van der Waals surface area contributed by atoms with Gasteiger partial charge in [0.25, 0.3) is 0 Å². The smallest absolute Gasteiger partial charge is 0.157 e. The van der Waals surface area contributed by atoms with Crippen molar-refractivity contribution in [1.29, 1.82) is 0 Å². The molecule has 0 aliphatic carbocycles. The summed E-state index contributed by atoms with van der Waals surface area (Å²) >= 11 is 0. The lowest BCUT2D eigenvalue weighted by atomic mass is 10.2. The average molecular weight is 184 g/mol. The van der Waals surface area contributed by atoms with Crippen LogP contribution in [0, 0.1) is 0 Å². The number of benzene rings is 1. The minimum Gasteiger partial charge on any atom is -0.350 e. The Hall–Kier alpha value is -2.10. The van der Waals surface area contributed by atoms with Crippen molar-refractivity contribution < 1.29 is 0 Å². The Morgan fingerprint density at radius 1 is 0.929 bits per heavy atom. The average Bonchev–Trinajstić information content (AvgIpc) is 2.26. The van der Waals surface area contributed by atoms with E-state index in [0.29, 0.717) is 0 Å². The monoisotopic (exact) mass is 184 g/mol. The SMILES string of the molecule is c1ccc2c(c1)Nc1cncnc1N2.